The maximum Gasteiger partial charge on any atom is 0.116 e. The first-order chi connectivity index (χ1) is 8.90. The lowest BCUT2D eigenvalue weighted by molar-refractivity contribution is 1.17. The molecule has 0 aliphatic carbocycles. The number of aromatic nitrogens is 2. The molecule has 0 spiro atoms. The van der Waals surface area contributed by atoms with E-state index in [1.165, 1.54) is 6.33 Å². The van der Waals surface area contributed by atoms with Gasteiger partial charge in [0.15, 0.2) is 0 Å². The molecule has 0 bridgehead atoms. The van der Waals surface area contributed by atoms with Crippen LogP contribution in [-0.2, 0) is 0 Å². The van der Waals surface area contributed by atoms with Crippen molar-refractivity contribution < 1.29 is 0 Å². The van der Waals surface area contributed by atoms with E-state index in [4.69, 9.17) is 5.26 Å². The highest BCUT2D eigenvalue weighted by Crippen LogP contribution is 2.28. The second kappa shape index (κ2) is 4.27. The van der Waals surface area contributed by atoms with Gasteiger partial charge in [-0.15, -0.1) is 0 Å². The molecule has 3 heteroatoms. The van der Waals surface area contributed by atoms with Crippen LogP contribution in [0.15, 0.2) is 55.0 Å². The fourth-order valence-corrected chi connectivity index (χ4v) is 2.07. The number of hydrogen-bond donors (Lipinski definition) is 0. The van der Waals surface area contributed by atoms with Crippen LogP contribution in [0.5, 0.6) is 0 Å². The van der Waals surface area contributed by atoms with Crippen molar-refractivity contribution in [3.63, 3.8) is 0 Å². The minimum absolute atomic E-state index is 0.684. The van der Waals surface area contributed by atoms with Gasteiger partial charge in [0.1, 0.15) is 6.33 Å². The third kappa shape index (κ3) is 1.61. The molecule has 18 heavy (non-hydrogen) atoms. The van der Waals surface area contributed by atoms with E-state index in [9.17, 15) is 0 Å². The molecule has 0 aliphatic heterocycles. The van der Waals surface area contributed by atoms with Crippen molar-refractivity contribution in [2.24, 2.45) is 0 Å². The summed E-state index contributed by atoms with van der Waals surface area (Å²) < 4.78 is 0. The summed E-state index contributed by atoms with van der Waals surface area (Å²) in [5, 5.41) is 11.1. The molecule has 0 amide bonds. The van der Waals surface area contributed by atoms with E-state index in [-0.39, 0.29) is 0 Å². The van der Waals surface area contributed by atoms with Crippen LogP contribution in [0.1, 0.15) is 5.56 Å². The molecule has 3 nitrogen and oxygen atoms in total. The first-order valence-corrected chi connectivity index (χ1v) is 5.58. The minimum atomic E-state index is 0.684. The molecule has 2 aromatic carbocycles. The number of hydrogen-bond acceptors (Lipinski definition) is 3. The van der Waals surface area contributed by atoms with E-state index in [2.05, 4.69) is 16.0 Å². The summed E-state index contributed by atoms with van der Waals surface area (Å²) in [7, 11) is 0. The van der Waals surface area contributed by atoms with Crippen LogP contribution in [0.2, 0.25) is 0 Å². The monoisotopic (exact) mass is 231 g/mol. The Balaban J connectivity index is 2.36. The predicted octanol–water partition coefficient (Wildman–Crippen LogP) is 3.17. The van der Waals surface area contributed by atoms with Crippen molar-refractivity contribution in [1.82, 2.24) is 9.97 Å². The second-order valence-electron chi connectivity index (χ2n) is 3.91. The first-order valence-electron chi connectivity index (χ1n) is 5.58. The average Bonchev–Trinajstić information content (AvgIpc) is 2.47. The Morgan fingerprint density at radius 1 is 0.944 bits per heavy atom. The van der Waals surface area contributed by atoms with Crippen molar-refractivity contribution in [2.75, 3.05) is 0 Å². The van der Waals surface area contributed by atoms with E-state index in [0.717, 1.165) is 22.0 Å². The zero-order chi connectivity index (χ0) is 12.4. The van der Waals surface area contributed by atoms with Gasteiger partial charge < -0.3 is 0 Å². The van der Waals surface area contributed by atoms with E-state index in [0.29, 0.717) is 5.56 Å². The Kier molecular flexibility index (Phi) is 2.47. The molecule has 3 rings (SSSR count). The fraction of sp³-hybridized carbons (Fsp3) is 0. The van der Waals surface area contributed by atoms with Crippen molar-refractivity contribution in [3.8, 4) is 17.3 Å². The number of rotatable bonds is 1. The fourth-order valence-electron chi connectivity index (χ4n) is 2.07. The average molecular weight is 231 g/mol. The Labute approximate surface area is 104 Å². The molecular weight excluding hydrogens is 222 g/mol. The highest BCUT2D eigenvalue weighted by Gasteiger charge is 2.07. The lowest BCUT2D eigenvalue weighted by atomic mass is 9.98. The molecule has 0 saturated heterocycles. The SMILES string of the molecule is N#Cc1ccc(-c2ccncn2)c2ccccc12. The van der Waals surface area contributed by atoms with Gasteiger partial charge in [-0.05, 0) is 17.5 Å². The van der Waals surface area contributed by atoms with Crippen LogP contribution < -0.4 is 0 Å². The van der Waals surface area contributed by atoms with Gasteiger partial charge in [0.25, 0.3) is 0 Å². The molecule has 0 unspecified atom stereocenters. The smallest absolute Gasteiger partial charge is 0.116 e. The zero-order valence-corrected chi connectivity index (χ0v) is 9.54. The van der Waals surface area contributed by atoms with Gasteiger partial charge in [-0.2, -0.15) is 5.26 Å². The topological polar surface area (TPSA) is 49.6 Å². The zero-order valence-electron chi connectivity index (χ0n) is 9.54. The number of fused-ring (bicyclic) bond motifs is 1. The Morgan fingerprint density at radius 2 is 1.78 bits per heavy atom. The lowest BCUT2D eigenvalue weighted by Crippen LogP contribution is -1.88. The molecule has 1 aromatic heterocycles. The molecule has 0 atom stereocenters. The van der Waals surface area contributed by atoms with Gasteiger partial charge in [0.2, 0.25) is 0 Å². The van der Waals surface area contributed by atoms with E-state index >= 15 is 0 Å². The number of nitriles is 1. The summed E-state index contributed by atoms with van der Waals surface area (Å²) in [5.41, 5.74) is 2.57. The molecular formula is C15H9N3. The van der Waals surface area contributed by atoms with Gasteiger partial charge in [0, 0.05) is 17.1 Å². The molecule has 0 saturated carbocycles. The third-order valence-electron chi connectivity index (χ3n) is 2.90. The quantitative estimate of drug-likeness (QED) is 0.646. The predicted molar refractivity (Wildman–Crippen MR) is 69.7 cm³/mol. The molecule has 0 aliphatic rings. The largest absolute Gasteiger partial charge is 0.245 e. The van der Waals surface area contributed by atoms with Gasteiger partial charge in [-0.3, -0.25) is 0 Å². The molecule has 0 radical (unpaired) electrons. The van der Waals surface area contributed by atoms with Gasteiger partial charge in [0.05, 0.1) is 17.3 Å². The number of benzene rings is 2. The lowest BCUT2D eigenvalue weighted by Gasteiger charge is -2.06. The van der Waals surface area contributed by atoms with Gasteiger partial charge in [-0.25, -0.2) is 9.97 Å². The highest BCUT2D eigenvalue weighted by molar-refractivity contribution is 5.98. The van der Waals surface area contributed by atoms with Crippen molar-refractivity contribution >= 4 is 10.8 Å². The summed E-state index contributed by atoms with van der Waals surface area (Å²) >= 11 is 0. The van der Waals surface area contributed by atoms with E-state index in [1.54, 1.807) is 6.20 Å². The number of nitrogens with zero attached hydrogens (tertiary/aromatic N) is 3. The van der Waals surface area contributed by atoms with Crippen molar-refractivity contribution in [3.05, 3.63) is 60.6 Å². The molecule has 3 aromatic rings. The summed E-state index contributed by atoms with van der Waals surface area (Å²) in [4.78, 5) is 8.18. The maximum atomic E-state index is 9.12. The highest BCUT2D eigenvalue weighted by atomic mass is 14.8. The standard InChI is InChI=1S/C15H9N3/c16-9-11-5-6-14(15-7-8-17-10-18-15)13-4-2-1-3-12(11)13/h1-8,10H. The van der Waals surface area contributed by atoms with Crippen LogP contribution in [0.3, 0.4) is 0 Å². The van der Waals surface area contributed by atoms with Crippen molar-refractivity contribution in [1.29, 1.82) is 5.26 Å². The maximum absolute atomic E-state index is 9.12. The summed E-state index contributed by atoms with van der Waals surface area (Å²) in [6, 6.07) is 15.7. The molecule has 0 N–H and O–H groups in total. The summed E-state index contributed by atoms with van der Waals surface area (Å²) in [5.74, 6) is 0. The Hall–Kier alpha value is -2.73. The Morgan fingerprint density at radius 3 is 2.50 bits per heavy atom. The molecule has 1 heterocycles. The normalized spacial score (nSPS) is 10.2. The van der Waals surface area contributed by atoms with Gasteiger partial charge >= 0.3 is 0 Å². The third-order valence-corrected chi connectivity index (χ3v) is 2.90. The minimum Gasteiger partial charge on any atom is -0.245 e. The van der Waals surface area contributed by atoms with E-state index < -0.39 is 0 Å². The van der Waals surface area contributed by atoms with Gasteiger partial charge in [-0.1, -0.05) is 30.3 Å². The van der Waals surface area contributed by atoms with Crippen LogP contribution >= 0.6 is 0 Å². The van der Waals surface area contributed by atoms with Crippen LogP contribution in [-0.4, -0.2) is 9.97 Å². The van der Waals surface area contributed by atoms with Crippen LogP contribution in [0, 0.1) is 11.3 Å². The van der Waals surface area contributed by atoms with E-state index in [1.807, 2.05) is 42.5 Å². The Bertz CT molecular complexity index is 743. The second-order valence-corrected chi connectivity index (χ2v) is 3.91. The summed E-state index contributed by atoms with van der Waals surface area (Å²) in [6.07, 6.45) is 3.25. The summed E-state index contributed by atoms with van der Waals surface area (Å²) in [6.45, 7) is 0. The molecule has 84 valence electrons. The van der Waals surface area contributed by atoms with Crippen LogP contribution in [0.25, 0.3) is 22.0 Å². The first kappa shape index (κ1) is 10.4. The molecule has 0 fully saturated rings. The van der Waals surface area contributed by atoms with Crippen LogP contribution in [0.4, 0.5) is 0 Å². The van der Waals surface area contributed by atoms with Crippen molar-refractivity contribution in [2.45, 2.75) is 0 Å².